The highest BCUT2D eigenvalue weighted by molar-refractivity contribution is 4.92. The molecule has 2 rings (SSSR count). The highest BCUT2D eigenvalue weighted by atomic mass is 15.3. The molecule has 1 aliphatic rings. The Bertz CT molecular complexity index is 301. The molecule has 14 heavy (non-hydrogen) atoms. The summed E-state index contributed by atoms with van der Waals surface area (Å²) in [5.41, 5.74) is 0. The van der Waals surface area contributed by atoms with Gasteiger partial charge in [0.1, 0.15) is 11.6 Å². The van der Waals surface area contributed by atoms with Crippen LogP contribution in [-0.2, 0) is 13.6 Å². The van der Waals surface area contributed by atoms with Crippen molar-refractivity contribution in [2.24, 2.45) is 13.0 Å². The Labute approximate surface area is 84.7 Å². The number of rotatable bonds is 4. The van der Waals surface area contributed by atoms with E-state index in [9.17, 15) is 0 Å². The zero-order valence-electron chi connectivity index (χ0n) is 8.95. The third-order valence-electron chi connectivity index (χ3n) is 3.12. The third kappa shape index (κ3) is 1.95. The van der Waals surface area contributed by atoms with E-state index in [2.05, 4.69) is 15.5 Å². The fourth-order valence-electron chi connectivity index (χ4n) is 1.69. The first-order valence-electron chi connectivity index (χ1n) is 5.33. The lowest BCUT2D eigenvalue weighted by Gasteiger charge is -2.25. The first-order valence-corrected chi connectivity index (χ1v) is 5.33. The van der Waals surface area contributed by atoms with Gasteiger partial charge in [0.05, 0.1) is 6.54 Å². The predicted octanol–water partition coefficient (Wildman–Crippen LogP) is 1.01. The standard InChI is InChI=1S/C10H18N4/c1-8-12-13-10(14(8)2)7-11-6-9-4-3-5-9/h9,11H,3-7H2,1-2H3. The molecule has 1 aliphatic carbocycles. The smallest absolute Gasteiger partial charge is 0.146 e. The second-order valence-corrected chi connectivity index (χ2v) is 4.15. The van der Waals surface area contributed by atoms with Crippen molar-refractivity contribution in [3.63, 3.8) is 0 Å². The van der Waals surface area contributed by atoms with E-state index in [1.807, 2.05) is 18.5 Å². The molecule has 1 N–H and O–H groups in total. The molecule has 78 valence electrons. The minimum Gasteiger partial charge on any atom is -0.317 e. The van der Waals surface area contributed by atoms with Gasteiger partial charge in [0, 0.05) is 7.05 Å². The van der Waals surface area contributed by atoms with Gasteiger partial charge in [-0.1, -0.05) is 6.42 Å². The maximum atomic E-state index is 4.11. The zero-order valence-corrected chi connectivity index (χ0v) is 8.95. The lowest BCUT2D eigenvalue weighted by molar-refractivity contribution is 0.300. The van der Waals surface area contributed by atoms with Gasteiger partial charge in [-0.3, -0.25) is 0 Å². The topological polar surface area (TPSA) is 42.7 Å². The molecular formula is C10H18N4. The molecule has 0 atom stereocenters. The summed E-state index contributed by atoms with van der Waals surface area (Å²) in [7, 11) is 2.01. The molecule has 0 radical (unpaired) electrons. The zero-order chi connectivity index (χ0) is 9.97. The van der Waals surface area contributed by atoms with E-state index in [0.29, 0.717) is 0 Å². The largest absolute Gasteiger partial charge is 0.317 e. The van der Waals surface area contributed by atoms with Gasteiger partial charge >= 0.3 is 0 Å². The first-order chi connectivity index (χ1) is 6.77. The predicted molar refractivity (Wildman–Crippen MR) is 54.8 cm³/mol. The van der Waals surface area contributed by atoms with E-state index in [1.54, 1.807) is 0 Å². The number of nitrogens with one attached hydrogen (secondary N) is 1. The molecular weight excluding hydrogens is 176 g/mol. The van der Waals surface area contributed by atoms with Gasteiger partial charge < -0.3 is 9.88 Å². The summed E-state index contributed by atoms with van der Waals surface area (Å²) in [6.45, 7) is 3.95. The Morgan fingerprint density at radius 2 is 2.21 bits per heavy atom. The van der Waals surface area contributed by atoms with E-state index in [4.69, 9.17) is 0 Å². The summed E-state index contributed by atoms with van der Waals surface area (Å²) in [5.74, 6) is 2.91. The molecule has 1 saturated carbocycles. The van der Waals surface area contributed by atoms with Crippen molar-refractivity contribution in [3.8, 4) is 0 Å². The van der Waals surface area contributed by atoms with Gasteiger partial charge in [0.25, 0.3) is 0 Å². The minimum atomic E-state index is 0.841. The van der Waals surface area contributed by atoms with Crippen LogP contribution in [0.3, 0.4) is 0 Å². The summed E-state index contributed by atoms with van der Waals surface area (Å²) >= 11 is 0. The van der Waals surface area contributed by atoms with Crippen LogP contribution in [-0.4, -0.2) is 21.3 Å². The van der Waals surface area contributed by atoms with Gasteiger partial charge in [0.2, 0.25) is 0 Å². The van der Waals surface area contributed by atoms with Crippen LogP contribution >= 0.6 is 0 Å². The molecule has 4 heteroatoms. The molecule has 0 unspecified atom stereocenters. The van der Waals surface area contributed by atoms with Crippen molar-refractivity contribution in [1.82, 2.24) is 20.1 Å². The highest BCUT2D eigenvalue weighted by Gasteiger charge is 2.16. The molecule has 1 aromatic heterocycles. The summed E-state index contributed by atoms with van der Waals surface area (Å²) in [6, 6.07) is 0. The van der Waals surface area contributed by atoms with E-state index in [1.165, 1.54) is 19.3 Å². The first kappa shape index (κ1) is 9.65. The average molecular weight is 194 g/mol. The molecule has 1 fully saturated rings. The van der Waals surface area contributed by atoms with Crippen molar-refractivity contribution in [2.45, 2.75) is 32.7 Å². The average Bonchev–Trinajstić information content (AvgIpc) is 2.40. The van der Waals surface area contributed by atoms with E-state index in [0.717, 1.165) is 30.7 Å². The van der Waals surface area contributed by atoms with Crippen LogP contribution in [0.5, 0.6) is 0 Å². The maximum absolute atomic E-state index is 4.11. The molecule has 0 aromatic carbocycles. The SMILES string of the molecule is Cc1nnc(CNCC2CCC2)n1C. The van der Waals surface area contributed by atoms with E-state index >= 15 is 0 Å². The van der Waals surface area contributed by atoms with Crippen molar-refractivity contribution in [1.29, 1.82) is 0 Å². The van der Waals surface area contributed by atoms with Gasteiger partial charge in [-0.25, -0.2) is 0 Å². The van der Waals surface area contributed by atoms with E-state index < -0.39 is 0 Å². The second-order valence-electron chi connectivity index (χ2n) is 4.15. The Kier molecular flexibility index (Phi) is 2.82. The Balaban J connectivity index is 1.76. The van der Waals surface area contributed by atoms with Gasteiger partial charge in [-0.05, 0) is 32.2 Å². The third-order valence-corrected chi connectivity index (χ3v) is 3.12. The lowest BCUT2D eigenvalue weighted by atomic mass is 9.85. The van der Waals surface area contributed by atoms with Crippen molar-refractivity contribution < 1.29 is 0 Å². The molecule has 0 aliphatic heterocycles. The Morgan fingerprint density at radius 3 is 2.71 bits per heavy atom. The van der Waals surface area contributed by atoms with Crippen molar-refractivity contribution in [2.75, 3.05) is 6.54 Å². The highest BCUT2D eigenvalue weighted by Crippen LogP contribution is 2.25. The summed E-state index contributed by atoms with van der Waals surface area (Å²) in [4.78, 5) is 0. The van der Waals surface area contributed by atoms with Crippen LogP contribution < -0.4 is 5.32 Å². The minimum absolute atomic E-state index is 0.841. The molecule has 1 aromatic rings. The monoisotopic (exact) mass is 194 g/mol. The fourth-order valence-corrected chi connectivity index (χ4v) is 1.69. The van der Waals surface area contributed by atoms with Crippen LogP contribution in [0.2, 0.25) is 0 Å². The lowest BCUT2D eigenvalue weighted by Crippen LogP contribution is -2.27. The fraction of sp³-hybridized carbons (Fsp3) is 0.800. The van der Waals surface area contributed by atoms with E-state index in [-0.39, 0.29) is 0 Å². The second kappa shape index (κ2) is 4.09. The van der Waals surface area contributed by atoms with Crippen LogP contribution in [0.25, 0.3) is 0 Å². The number of hydrogen-bond donors (Lipinski definition) is 1. The Hall–Kier alpha value is -0.900. The molecule has 0 bridgehead atoms. The van der Waals surface area contributed by atoms with Crippen LogP contribution in [0, 0.1) is 12.8 Å². The summed E-state index contributed by atoms with van der Waals surface area (Å²) < 4.78 is 2.04. The number of aromatic nitrogens is 3. The molecule has 4 nitrogen and oxygen atoms in total. The van der Waals surface area contributed by atoms with Crippen molar-refractivity contribution >= 4 is 0 Å². The molecule has 0 amide bonds. The summed E-state index contributed by atoms with van der Waals surface area (Å²) in [6.07, 6.45) is 4.20. The van der Waals surface area contributed by atoms with Crippen molar-refractivity contribution in [3.05, 3.63) is 11.6 Å². The van der Waals surface area contributed by atoms with Crippen LogP contribution in [0.4, 0.5) is 0 Å². The number of hydrogen-bond acceptors (Lipinski definition) is 3. The normalized spacial score (nSPS) is 17.0. The quantitative estimate of drug-likeness (QED) is 0.778. The molecule has 1 heterocycles. The summed E-state index contributed by atoms with van der Waals surface area (Å²) in [5, 5.41) is 11.6. The van der Waals surface area contributed by atoms with Gasteiger partial charge in [-0.15, -0.1) is 10.2 Å². The molecule has 0 saturated heterocycles. The Morgan fingerprint density at radius 1 is 1.43 bits per heavy atom. The molecule has 0 spiro atoms. The van der Waals surface area contributed by atoms with Crippen LogP contribution in [0.1, 0.15) is 30.9 Å². The van der Waals surface area contributed by atoms with Gasteiger partial charge in [0.15, 0.2) is 0 Å². The van der Waals surface area contributed by atoms with Crippen LogP contribution in [0.15, 0.2) is 0 Å². The number of aryl methyl sites for hydroxylation is 1. The number of nitrogens with zero attached hydrogens (tertiary/aromatic N) is 3. The maximum Gasteiger partial charge on any atom is 0.146 e. The van der Waals surface area contributed by atoms with Gasteiger partial charge in [-0.2, -0.15) is 0 Å².